The number of nitrogens with zero attached hydrogens (tertiary/aromatic N) is 5. The lowest BCUT2D eigenvalue weighted by Gasteiger charge is -2.43. The molecule has 3 aromatic carbocycles. The number of nitrogens with one attached hydrogen (secondary N) is 1. The van der Waals surface area contributed by atoms with Crippen molar-refractivity contribution in [1.29, 1.82) is 5.26 Å². The number of anilines is 1. The highest BCUT2D eigenvalue weighted by molar-refractivity contribution is 6.99. The molecule has 5 aromatic rings. The van der Waals surface area contributed by atoms with Gasteiger partial charge in [-0.05, 0) is 40.4 Å². The third-order valence-corrected chi connectivity index (χ3v) is 13.2. The van der Waals surface area contributed by atoms with Crippen LogP contribution in [0.2, 0.25) is 5.04 Å². The van der Waals surface area contributed by atoms with Crippen LogP contribution in [0.25, 0.3) is 11.0 Å². The van der Waals surface area contributed by atoms with Gasteiger partial charge in [-0.1, -0.05) is 94.4 Å². The van der Waals surface area contributed by atoms with E-state index in [1.165, 1.54) is 10.4 Å². The Morgan fingerprint density at radius 2 is 1.68 bits per heavy atom. The molecule has 0 fully saturated rings. The Balaban J connectivity index is 1.39. The number of nitriles is 1. The normalized spacial score (nSPS) is 12.5. The molecule has 0 bridgehead atoms. The topological polar surface area (TPSA) is 97.9 Å². The van der Waals surface area contributed by atoms with E-state index in [4.69, 9.17) is 9.16 Å². The van der Waals surface area contributed by atoms with Crippen LogP contribution >= 0.6 is 0 Å². The van der Waals surface area contributed by atoms with Gasteiger partial charge in [0.05, 0.1) is 31.5 Å². The minimum Gasteiger partial charge on any atom is -0.496 e. The number of hydrogen-bond donors (Lipinski definition) is 1. The number of ether oxygens (including phenoxy) is 1. The van der Waals surface area contributed by atoms with Gasteiger partial charge in [0.1, 0.15) is 16.8 Å². The fourth-order valence-corrected chi connectivity index (χ4v) is 10.5. The first-order chi connectivity index (χ1) is 21.3. The van der Waals surface area contributed by atoms with Crippen molar-refractivity contribution in [3.8, 4) is 11.8 Å². The molecule has 0 amide bonds. The second kappa shape index (κ2) is 13.4. The lowest BCUT2D eigenvalue weighted by molar-refractivity contribution is 0.282. The summed E-state index contributed by atoms with van der Waals surface area (Å²) in [6.45, 7) is 10.1. The zero-order valence-electron chi connectivity index (χ0n) is 26.0. The maximum atomic E-state index is 9.29. The predicted molar refractivity (Wildman–Crippen MR) is 177 cm³/mol. The van der Waals surface area contributed by atoms with Gasteiger partial charge in [0.2, 0.25) is 6.33 Å². The van der Waals surface area contributed by atoms with Crippen LogP contribution in [0.5, 0.6) is 5.75 Å². The molecule has 0 aliphatic carbocycles. The van der Waals surface area contributed by atoms with Crippen molar-refractivity contribution in [2.75, 3.05) is 19.0 Å². The summed E-state index contributed by atoms with van der Waals surface area (Å²) in [6.07, 6.45) is 6.19. The van der Waals surface area contributed by atoms with Crippen molar-refractivity contribution in [3.05, 3.63) is 103 Å². The van der Waals surface area contributed by atoms with Gasteiger partial charge in [-0.25, -0.2) is 9.97 Å². The van der Waals surface area contributed by atoms with Crippen LogP contribution in [0.1, 0.15) is 51.7 Å². The Kier molecular flexibility index (Phi) is 9.42. The first-order valence-electron chi connectivity index (χ1n) is 15.0. The summed E-state index contributed by atoms with van der Waals surface area (Å²) < 4.78 is 14.6. The molecule has 1 N–H and O–H groups in total. The molecular weight excluding hydrogens is 565 g/mol. The Hall–Kier alpha value is -4.52. The van der Waals surface area contributed by atoms with E-state index in [9.17, 15) is 5.26 Å². The molecule has 0 aliphatic heterocycles. The predicted octanol–water partition coefficient (Wildman–Crippen LogP) is 5.71. The third-order valence-electron chi connectivity index (χ3n) is 8.15. The number of benzene rings is 3. The van der Waals surface area contributed by atoms with Gasteiger partial charge >= 0.3 is 0 Å². The van der Waals surface area contributed by atoms with Gasteiger partial charge in [0.15, 0.2) is 5.82 Å². The van der Waals surface area contributed by atoms with Crippen molar-refractivity contribution in [2.24, 2.45) is 0 Å². The Morgan fingerprint density at radius 3 is 2.27 bits per heavy atom. The average molecular weight is 604 g/mol. The fraction of sp³-hybridized carbons (Fsp3) is 0.314. The molecule has 0 aliphatic rings. The summed E-state index contributed by atoms with van der Waals surface area (Å²) in [4.78, 5) is 8.86. The number of fused-ring (bicyclic) bond motifs is 1. The van der Waals surface area contributed by atoms with Crippen molar-refractivity contribution < 1.29 is 9.16 Å². The first kappa shape index (κ1) is 30.9. The maximum absolute atomic E-state index is 9.29. The molecule has 2 aromatic heterocycles. The SMILES string of the molecule is CC[C@@H](CCO[Si](c1ccccc1)(c1ccccc1)C(C)(C)C)Nc1n[c]nc2cnn(Cc3ccc(C#N)cc3OC)c12. The second-order valence-electron chi connectivity index (χ2n) is 11.9. The summed E-state index contributed by atoms with van der Waals surface area (Å²) in [5.41, 5.74) is 2.94. The summed E-state index contributed by atoms with van der Waals surface area (Å²) in [5.74, 6) is 1.31. The molecule has 2 heterocycles. The van der Waals surface area contributed by atoms with Crippen molar-refractivity contribution in [1.82, 2.24) is 19.7 Å². The van der Waals surface area contributed by atoms with Crippen LogP contribution in [0.15, 0.2) is 85.1 Å². The van der Waals surface area contributed by atoms with Gasteiger partial charge in [-0.15, -0.1) is 0 Å². The van der Waals surface area contributed by atoms with E-state index in [0.29, 0.717) is 35.8 Å². The van der Waals surface area contributed by atoms with Gasteiger partial charge in [0.25, 0.3) is 8.32 Å². The first-order valence-corrected chi connectivity index (χ1v) is 16.9. The van der Waals surface area contributed by atoms with E-state index in [0.717, 1.165) is 23.9 Å². The number of hydrogen-bond acceptors (Lipinski definition) is 7. The largest absolute Gasteiger partial charge is 0.496 e. The van der Waals surface area contributed by atoms with Crippen LogP contribution in [0, 0.1) is 17.7 Å². The summed E-state index contributed by atoms with van der Waals surface area (Å²) in [6, 6.07) is 29.1. The van der Waals surface area contributed by atoms with E-state index in [1.807, 2.05) is 10.7 Å². The number of rotatable bonds is 12. The Morgan fingerprint density at radius 1 is 1.00 bits per heavy atom. The third kappa shape index (κ3) is 6.23. The highest BCUT2D eigenvalue weighted by atomic mass is 28.4. The Bertz CT molecular complexity index is 1690. The molecule has 9 heteroatoms. The number of aromatic nitrogens is 4. The molecule has 1 radical (unpaired) electrons. The van der Waals surface area contributed by atoms with Gasteiger partial charge < -0.3 is 14.5 Å². The van der Waals surface area contributed by atoms with E-state index in [2.05, 4.69) is 121 Å². The summed E-state index contributed by atoms with van der Waals surface area (Å²) in [7, 11) is -1.02. The molecule has 0 unspecified atom stereocenters. The van der Waals surface area contributed by atoms with Crippen LogP contribution in [-0.4, -0.2) is 47.8 Å². The molecule has 0 saturated heterocycles. The highest BCUT2D eigenvalue weighted by Gasteiger charge is 2.50. The number of methoxy groups -OCH3 is 1. The van der Waals surface area contributed by atoms with Crippen LogP contribution < -0.4 is 20.4 Å². The van der Waals surface area contributed by atoms with E-state index < -0.39 is 8.32 Å². The van der Waals surface area contributed by atoms with E-state index in [1.54, 1.807) is 25.4 Å². The minimum atomic E-state index is -2.63. The Labute approximate surface area is 260 Å². The summed E-state index contributed by atoms with van der Waals surface area (Å²) in [5, 5.41) is 20.0. The van der Waals surface area contributed by atoms with Crippen LogP contribution in [-0.2, 0) is 11.0 Å². The zero-order valence-corrected chi connectivity index (χ0v) is 27.0. The van der Waals surface area contributed by atoms with Gasteiger partial charge in [0, 0.05) is 18.2 Å². The quantitative estimate of drug-likeness (QED) is 0.182. The zero-order chi connectivity index (χ0) is 31.2. The smallest absolute Gasteiger partial charge is 0.261 e. The van der Waals surface area contributed by atoms with Crippen molar-refractivity contribution in [3.63, 3.8) is 0 Å². The molecule has 0 spiro atoms. The van der Waals surface area contributed by atoms with E-state index in [-0.39, 0.29) is 11.1 Å². The molecule has 8 nitrogen and oxygen atoms in total. The standard InChI is InChI=1S/C35H39N6O2Si/c1-6-28(19-20-43-44(35(2,3)4,29-13-9-7-10-14-29)30-15-11-8-12-16-30)40-34-33-31(37-25-38-34)23-39-41(33)24-27-18-17-26(22-36)21-32(27)42-5/h7-18,21,23,28H,6,19-20,24H2,1-5H3,(H,37,38,40)/t28-/m0/s1. The fourth-order valence-electron chi connectivity index (χ4n) is 5.90. The molecule has 0 saturated carbocycles. The van der Waals surface area contributed by atoms with E-state index >= 15 is 0 Å². The van der Waals surface area contributed by atoms with Gasteiger partial charge in [-0.2, -0.15) is 10.4 Å². The highest BCUT2D eigenvalue weighted by Crippen LogP contribution is 2.37. The minimum absolute atomic E-state index is 0.0857. The molecular formula is C35H39N6O2Si. The summed E-state index contributed by atoms with van der Waals surface area (Å²) >= 11 is 0. The van der Waals surface area contributed by atoms with Crippen LogP contribution in [0.3, 0.4) is 0 Å². The molecule has 1 atom stereocenters. The van der Waals surface area contributed by atoms with Crippen LogP contribution in [0.4, 0.5) is 5.82 Å². The van der Waals surface area contributed by atoms with Crippen molar-refractivity contribution >= 4 is 35.5 Å². The van der Waals surface area contributed by atoms with Gasteiger partial charge in [-0.3, -0.25) is 4.68 Å². The monoisotopic (exact) mass is 603 g/mol. The molecule has 5 rings (SSSR count). The maximum Gasteiger partial charge on any atom is 0.261 e. The molecule has 44 heavy (non-hydrogen) atoms. The van der Waals surface area contributed by atoms with Crippen molar-refractivity contribution in [2.45, 2.75) is 58.2 Å². The molecule has 225 valence electrons. The second-order valence-corrected chi connectivity index (χ2v) is 16.2. The average Bonchev–Trinajstić information content (AvgIpc) is 3.46. The lowest BCUT2D eigenvalue weighted by Crippen LogP contribution is -2.66. The lowest BCUT2D eigenvalue weighted by atomic mass is 10.1.